The molecule has 0 aliphatic carbocycles. The third-order valence-electron chi connectivity index (χ3n) is 3.87. The van der Waals surface area contributed by atoms with Gasteiger partial charge in [0.25, 0.3) is 5.91 Å². The van der Waals surface area contributed by atoms with Crippen LogP contribution < -0.4 is 0 Å². The second-order valence-electron chi connectivity index (χ2n) is 5.31. The van der Waals surface area contributed by atoms with Gasteiger partial charge >= 0.3 is 5.97 Å². The van der Waals surface area contributed by atoms with Crippen LogP contribution in [0.25, 0.3) is 11.1 Å². The Balaban J connectivity index is 1.98. The molecule has 5 nitrogen and oxygen atoms in total. The van der Waals surface area contributed by atoms with Crippen LogP contribution in [-0.2, 0) is 0 Å². The SMILES string of the molecule is O=C(O)c1cnccc1-c1cccc(C(=O)N2CCCC2)c1. The Kier molecular flexibility index (Phi) is 3.87. The van der Waals surface area contributed by atoms with E-state index in [0.29, 0.717) is 16.7 Å². The molecule has 0 atom stereocenters. The van der Waals surface area contributed by atoms with Gasteiger partial charge in [-0.2, -0.15) is 0 Å². The Bertz CT molecular complexity index is 721. The van der Waals surface area contributed by atoms with E-state index in [-0.39, 0.29) is 11.5 Å². The Morgan fingerprint density at radius 2 is 1.91 bits per heavy atom. The minimum atomic E-state index is -1.03. The van der Waals surface area contributed by atoms with Gasteiger partial charge < -0.3 is 10.0 Å². The Hall–Kier alpha value is -2.69. The highest BCUT2D eigenvalue weighted by molar-refractivity contribution is 5.98. The maximum atomic E-state index is 12.4. The van der Waals surface area contributed by atoms with E-state index in [0.717, 1.165) is 25.9 Å². The first-order valence-electron chi connectivity index (χ1n) is 7.24. The normalized spacial score (nSPS) is 14.1. The number of rotatable bonds is 3. The molecule has 5 heteroatoms. The smallest absolute Gasteiger partial charge is 0.337 e. The van der Waals surface area contributed by atoms with Crippen LogP contribution in [0.4, 0.5) is 0 Å². The van der Waals surface area contributed by atoms with Gasteiger partial charge in [-0.05, 0) is 42.2 Å². The van der Waals surface area contributed by atoms with Gasteiger partial charge in [0.1, 0.15) is 0 Å². The number of hydrogen-bond donors (Lipinski definition) is 1. The van der Waals surface area contributed by atoms with Crippen molar-refractivity contribution in [3.63, 3.8) is 0 Å². The first kappa shape index (κ1) is 14.3. The zero-order chi connectivity index (χ0) is 15.5. The molecule has 112 valence electrons. The van der Waals surface area contributed by atoms with Crippen molar-refractivity contribution in [2.75, 3.05) is 13.1 Å². The fourth-order valence-corrected chi connectivity index (χ4v) is 2.74. The molecule has 3 rings (SSSR count). The third-order valence-corrected chi connectivity index (χ3v) is 3.87. The lowest BCUT2D eigenvalue weighted by Crippen LogP contribution is -2.27. The van der Waals surface area contributed by atoms with Gasteiger partial charge in [-0.15, -0.1) is 0 Å². The number of pyridine rings is 1. The van der Waals surface area contributed by atoms with E-state index in [1.54, 1.807) is 30.5 Å². The monoisotopic (exact) mass is 296 g/mol. The lowest BCUT2D eigenvalue weighted by molar-refractivity contribution is 0.0696. The summed E-state index contributed by atoms with van der Waals surface area (Å²) in [4.78, 5) is 29.4. The zero-order valence-corrected chi connectivity index (χ0v) is 12.0. The number of aromatic nitrogens is 1. The number of hydrogen-bond acceptors (Lipinski definition) is 3. The number of carboxylic acid groups (broad SMARTS) is 1. The topological polar surface area (TPSA) is 70.5 Å². The standard InChI is InChI=1S/C17H16N2O3/c20-16(19-8-1-2-9-19)13-5-3-4-12(10-13)14-6-7-18-11-15(14)17(21)22/h3-7,10-11H,1-2,8-9H2,(H,21,22). The van der Waals surface area contributed by atoms with Crippen molar-refractivity contribution in [3.8, 4) is 11.1 Å². The predicted molar refractivity (Wildman–Crippen MR) is 81.8 cm³/mol. The molecule has 1 aromatic heterocycles. The second-order valence-corrected chi connectivity index (χ2v) is 5.31. The van der Waals surface area contributed by atoms with Crippen LogP contribution in [0.5, 0.6) is 0 Å². The number of carbonyl (C=O) groups excluding carboxylic acids is 1. The molecule has 0 saturated carbocycles. The molecule has 1 saturated heterocycles. The van der Waals surface area contributed by atoms with Crippen molar-refractivity contribution < 1.29 is 14.7 Å². The molecule has 0 bridgehead atoms. The van der Waals surface area contributed by atoms with E-state index >= 15 is 0 Å². The molecular weight excluding hydrogens is 280 g/mol. The van der Waals surface area contributed by atoms with Crippen molar-refractivity contribution >= 4 is 11.9 Å². The van der Waals surface area contributed by atoms with Crippen molar-refractivity contribution in [2.45, 2.75) is 12.8 Å². The Morgan fingerprint density at radius 1 is 1.14 bits per heavy atom. The summed E-state index contributed by atoms with van der Waals surface area (Å²) in [7, 11) is 0. The maximum absolute atomic E-state index is 12.4. The summed E-state index contributed by atoms with van der Waals surface area (Å²) in [6.07, 6.45) is 4.96. The molecule has 22 heavy (non-hydrogen) atoms. The van der Waals surface area contributed by atoms with Crippen molar-refractivity contribution in [2.24, 2.45) is 0 Å². The number of likely N-dealkylation sites (tertiary alicyclic amines) is 1. The summed E-state index contributed by atoms with van der Waals surface area (Å²) in [5.74, 6) is -1.02. The Morgan fingerprint density at radius 3 is 2.64 bits per heavy atom. The van der Waals surface area contributed by atoms with Crippen molar-refractivity contribution in [1.82, 2.24) is 9.88 Å². The summed E-state index contributed by atoms with van der Waals surface area (Å²) >= 11 is 0. The van der Waals surface area contributed by atoms with Crippen LogP contribution >= 0.6 is 0 Å². The first-order valence-corrected chi connectivity index (χ1v) is 7.24. The van der Waals surface area contributed by atoms with Crippen LogP contribution in [0.1, 0.15) is 33.6 Å². The lowest BCUT2D eigenvalue weighted by atomic mass is 9.99. The first-order chi connectivity index (χ1) is 10.7. The minimum absolute atomic E-state index is 0.00489. The van der Waals surface area contributed by atoms with Gasteiger partial charge in [0, 0.05) is 31.0 Å². The third kappa shape index (κ3) is 2.70. The van der Waals surface area contributed by atoms with Gasteiger partial charge in [0.15, 0.2) is 0 Å². The molecule has 2 heterocycles. The van der Waals surface area contributed by atoms with Gasteiger partial charge in [0.2, 0.25) is 0 Å². The van der Waals surface area contributed by atoms with Crippen molar-refractivity contribution in [1.29, 1.82) is 0 Å². The Labute approximate surface area is 128 Å². The second kappa shape index (κ2) is 5.97. The number of nitrogens with zero attached hydrogens (tertiary/aromatic N) is 2. The largest absolute Gasteiger partial charge is 0.478 e. The molecule has 0 spiro atoms. The molecule has 1 fully saturated rings. The van der Waals surface area contributed by atoms with Gasteiger partial charge in [-0.1, -0.05) is 12.1 Å². The molecule has 1 N–H and O–H groups in total. The van der Waals surface area contributed by atoms with E-state index in [4.69, 9.17) is 0 Å². The highest BCUT2D eigenvalue weighted by Crippen LogP contribution is 2.25. The number of carbonyl (C=O) groups is 2. The number of carboxylic acids is 1. The summed E-state index contributed by atoms with van der Waals surface area (Å²) in [5, 5.41) is 9.26. The van der Waals surface area contributed by atoms with E-state index in [9.17, 15) is 14.7 Å². The zero-order valence-electron chi connectivity index (χ0n) is 12.0. The molecule has 0 radical (unpaired) electrons. The fraction of sp³-hybridized carbons (Fsp3) is 0.235. The highest BCUT2D eigenvalue weighted by atomic mass is 16.4. The van der Waals surface area contributed by atoms with Crippen LogP contribution in [0.2, 0.25) is 0 Å². The predicted octanol–water partition coefficient (Wildman–Crippen LogP) is 2.68. The van der Waals surface area contributed by atoms with E-state index in [1.807, 2.05) is 11.0 Å². The molecule has 0 unspecified atom stereocenters. The average molecular weight is 296 g/mol. The fourth-order valence-electron chi connectivity index (χ4n) is 2.74. The molecular formula is C17H16N2O3. The van der Waals surface area contributed by atoms with E-state index < -0.39 is 5.97 Å². The van der Waals surface area contributed by atoms with Crippen molar-refractivity contribution in [3.05, 3.63) is 53.9 Å². The summed E-state index contributed by atoms with van der Waals surface area (Å²) in [5.41, 5.74) is 2.00. The van der Waals surface area contributed by atoms with Gasteiger partial charge in [0.05, 0.1) is 5.56 Å². The van der Waals surface area contributed by atoms with Gasteiger partial charge in [-0.25, -0.2) is 4.79 Å². The molecule has 1 aliphatic rings. The molecule has 1 amide bonds. The lowest BCUT2D eigenvalue weighted by Gasteiger charge is -2.16. The summed E-state index contributed by atoms with van der Waals surface area (Å²) < 4.78 is 0. The van der Waals surface area contributed by atoms with Crippen LogP contribution in [0, 0.1) is 0 Å². The molecule has 1 aliphatic heterocycles. The minimum Gasteiger partial charge on any atom is -0.478 e. The average Bonchev–Trinajstić information content (AvgIpc) is 3.08. The summed E-state index contributed by atoms with van der Waals surface area (Å²) in [6, 6.07) is 8.77. The molecule has 1 aromatic carbocycles. The van der Waals surface area contributed by atoms with E-state index in [1.165, 1.54) is 6.20 Å². The highest BCUT2D eigenvalue weighted by Gasteiger charge is 2.20. The van der Waals surface area contributed by atoms with Crippen LogP contribution in [0.15, 0.2) is 42.7 Å². The van der Waals surface area contributed by atoms with Gasteiger partial charge in [-0.3, -0.25) is 9.78 Å². The van der Waals surface area contributed by atoms with Crippen LogP contribution in [0.3, 0.4) is 0 Å². The number of aromatic carboxylic acids is 1. The number of amides is 1. The van der Waals surface area contributed by atoms with E-state index in [2.05, 4.69) is 4.98 Å². The quantitative estimate of drug-likeness (QED) is 0.945. The number of benzene rings is 1. The summed E-state index contributed by atoms with van der Waals surface area (Å²) in [6.45, 7) is 1.58. The maximum Gasteiger partial charge on any atom is 0.337 e. The molecule has 2 aromatic rings. The van der Waals surface area contributed by atoms with Crippen LogP contribution in [-0.4, -0.2) is 40.0 Å².